The summed E-state index contributed by atoms with van der Waals surface area (Å²) in [5.74, 6) is -0.995. The average Bonchev–Trinajstić information content (AvgIpc) is 3.02. The second kappa shape index (κ2) is 7.71. The number of halogens is 3. The largest absolute Gasteiger partial charge is 0.573 e. The maximum absolute atomic E-state index is 13.3. The number of thiazole rings is 1. The summed E-state index contributed by atoms with van der Waals surface area (Å²) in [6.45, 7) is 1.95. The number of alkyl halides is 3. The quantitative estimate of drug-likeness (QED) is 0.562. The highest BCUT2D eigenvalue weighted by molar-refractivity contribution is 7.89. The first-order chi connectivity index (χ1) is 15.6. The lowest BCUT2D eigenvalue weighted by Crippen LogP contribution is -2.45. The topological polar surface area (TPSA) is 93.0 Å². The number of ether oxygens (including phenoxy) is 1. The zero-order valence-electron chi connectivity index (χ0n) is 17.2. The zero-order chi connectivity index (χ0) is 23.5. The molecule has 0 unspecified atom stereocenters. The molecule has 2 fully saturated rings. The molecule has 3 heterocycles. The molecule has 13 heteroatoms. The number of carbonyl (C=O) groups excluding carboxylic acids is 1. The first-order valence-electron chi connectivity index (χ1n) is 10.1. The van der Waals surface area contributed by atoms with Gasteiger partial charge in [-0.25, -0.2) is 13.4 Å². The molecule has 1 saturated carbocycles. The zero-order valence-corrected chi connectivity index (χ0v) is 18.9. The van der Waals surface area contributed by atoms with Crippen LogP contribution in [0.2, 0.25) is 0 Å². The number of nitrogens with one attached hydrogen (secondary N) is 1. The van der Waals surface area contributed by atoms with E-state index in [9.17, 15) is 26.4 Å². The van der Waals surface area contributed by atoms with Gasteiger partial charge in [-0.2, -0.15) is 4.31 Å². The molecule has 2 aliphatic rings. The molecule has 33 heavy (non-hydrogen) atoms. The van der Waals surface area contributed by atoms with E-state index < -0.39 is 33.1 Å². The first-order valence-corrected chi connectivity index (χ1v) is 12.4. The van der Waals surface area contributed by atoms with Crippen molar-refractivity contribution in [2.75, 3.05) is 13.1 Å². The lowest BCUT2D eigenvalue weighted by molar-refractivity contribution is -0.275. The molecule has 0 spiro atoms. The fourth-order valence-electron chi connectivity index (χ4n) is 4.51. The van der Waals surface area contributed by atoms with Crippen molar-refractivity contribution in [3.8, 4) is 5.75 Å². The van der Waals surface area contributed by atoms with Crippen molar-refractivity contribution in [1.82, 2.24) is 19.0 Å². The molecule has 3 atom stereocenters. The van der Waals surface area contributed by atoms with Crippen LogP contribution in [0, 0.1) is 18.8 Å². The molecule has 1 saturated heterocycles. The van der Waals surface area contributed by atoms with E-state index in [-0.39, 0.29) is 30.8 Å². The van der Waals surface area contributed by atoms with Crippen LogP contribution in [0.5, 0.6) is 5.75 Å². The fraction of sp³-hybridized carbons (Fsp3) is 0.400. The van der Waals surface area contributed by atoms with E-state index in [1.807, 2.05) is 0 Å². The predicted molar refractivity (Wildman–Crippen MR) is 113 cm³/mol. The van der Waals surface area contributed by atoms with Gasteiger partial charge >= 0.3 is 6.36 Å². The standard InChI is InChI=1S/C20H19F3N4O4S2/c1-11-17(26-6-7-32-19(26)25-11)18(28)24-9-14-13-8-12(13)10-27(14)33(29,30)16-5-3-2-4-15(16)31-20(21,22)23/h2-7,12-14H,8-10H2,1H3,(H,24,28)/t12-,13-,14-/m1/s1. The van der Waals surface area contributed by atoms with Gasteiger partial charge in [0.25, 0.3) is 5.91 Å². The third kappa shape index (κ3) is 3.97. The number of benzene rings is 1. The average molecular weight is 501 g/mol. The smallest absolute Gasteiger partial charge is 0.404 e. The summed E-state index contributed by atoms with van der Waals surface area (Å²) in [6, 6.07) is 4.13. The van der Waals surface area contributed by atoms with Crippen LogP contribution < -0.4 is 10.1 Å². The van der Waals surface area contributed by atoms with Crippen LogP contribution in [0.25, 0.3) is 4.96 Å². The minimum Gasteiger partial charge on any atom is -0.404 e. The Labute approximate surface area is 191 Å². The Hall–Kier alpha value is -2.64. The number of fused-ring (bicyclic) bond motifs is 2. The Morgan fingerprint density at radius 3 is 2.85 bits per heavy atom. The van der Waals surface area contributed by atoms with Gasteiger partial charge in [0.2, 0.25) is 10.0 Å². The van der Waals surface area contributed by atoms with Crippen LogP contribution in [0.4, 0.5) is 13.2 Å². The van der Waals surface area contributed by atoms with Gasteiger partial charge in [-0.05, 0) is 37.3 Å². The summed E-state index contributed by atoms with van der Waals surface area (Å²) in [5.41, 5.74) is 0.924. The lowest BCUT2D eigenvalue weighted by Gasteiger charge is -2.27. The Balaban J connectivity index is 1.38. The van der Waals surface area contributed by atoms with Gasteiger partial charge < -0.3 is 10.1 Å². The molecule has 3 aromatic rings. The molecule has 0 bridgehead atoms. The van der Waals surface area contributed by atoms with Gasteiger partial charge in [-0.15, -0.1) is 24.5 Å². The van der Waals surface area contributed by atoms with Gasteiger partial charge in [0.05, 0.1) is 5.69 Å². The van der Waals surface area contributed by atoms with Gasteiger partial charge in [0.1, 0.15) is 16.3 Å². The number of sulfonamides is 1. The number of imidazole rings is 1. The third-order valence-corrected chi connectivity index (χ3v) is 8.73. The van der Waals surface area contributed by atoms with Crippen LogP contribution in [-0.4, -0.2) is 53.5 Å². The summed E-state index contributed by atoms with van der Waals surface area (Å²) >= 11 is 1.39. The second-order valence-corrected chi connectivity index (χ2v) is 10.8. The number of hydrogen-bond acceptors (Lipinski definition) is 6. The number of hydrogen-bond donors (Lipinski definition) is 1. The fourth-order valence-corrected chi connectivity index (χ4v) is 7.11. The molecule has 2 aromatic heterocycles. The van der Waals surface area contributed by atoms with Crippen LogP contribution in [0.3, 0.4) is 0 Å². The molecule has 1 aliphatic heterocycles. The van der Waals surface area contributed by atoms with Crippen molar-refractivity contribution >= 4 is 32.2 Å². The van der Waals surface area contributed by atoms with E-state index in [1.54, 1.807) is 22.9 Å². The van der Waals surface area contributed by atoms with Crippen molar-refractivity contribution in [2.45, 2.75) is 30.6 Å². The summed E-state index contributed by atoms with van der Waals surface area (Å²) in [5, 5.41) is 4.61. The number of amides is 1. The monoisotopic (exact) mass is 500 g/mol. The van der Waals surface area contributed by atoms with Crippen molar-refractivity contribution < 1.29 is 31.1 Å². The highest BCUT2D eigenvalue weighted by Gasteiger charge is 2.56. The van der Waals surface area contributed by atoms with Gasteiger partial charge in [-0.3, -0.25) is 9.20 Å². The van der Waals surface area contributed by atoms with E-state index in [0.29, 0.717) is 16.3 Å². The van der Waals surface area contributed by atoms with E-state index in [4.69, 9.17) is 0 Å². The van der Waals surface area contributed by atoms with Crippen LogP contribution in [0.1, 0.15) is 22.6 Å². The molecule has 1 aliphatic carbocycles. The van der Waals surface area contributed by atoms with Crippen molar-refractivity contribution in [3.63, 3.8) is 0 Å². The third-order valence-electron chi connectivity index (χ3n) is 6.04. The van der Waals surface area contributed by atoms with E-state index >= 15 is 0 Å². The molecule has 8 nitrogen and oxygen atoms in total. The van der Waals surface area contributed by atoms with Crippen molar-refractivity contribution in [3.05, 3.63) is 47.2 Å². The summed E-state index contributed by atoms with van der Waals surface area (Å²) in [4.78, 5) is 17.3. The highest BCUT2D eigenvalue weighted by atomic mass is 32.2. The maximum atomic E-state index is 13.3. The Morgan fingerprint density at radius 2 is 2.09 bits per heavy atom. The minimum absolute atomic E-state index is 0.0400. The van der Waals surface area contributed by atoms with Gasteiger partial charge in [0.15, 0.2) is 4.96 Å². The number of aryl methyl sites for hydroxylation is 1. The Bertz CT molecular complexity index is 1330. The molecule has 5 rings (SSSR count). The molecular weight excluding hydrogens is 481 g/mol. The number of carbonyl (C=O) groups is 1. The summed E-state index contributed by atoms with van der Waals surface area (Å²) < 4.78 is 71.9. The lowest BCUT2D eigenvalue weighted by atomic mass is 10.2. The summed E-state index contributed by atoms with van der Waals surface area (Å²) in [6.07, 6.45) is -2.48. The van der Waals surface area contributed by atoms with Crippen molar-refractivity contribution in [2.24, 2.45) is 11.8 Å². The SMILES string of the molecule is Cc1nc2sccn2c1C(=O)NC[C@@H]1[C@@H]2C[C@@H]2CN1S(=O)(=O)c1ccccc1OC(F)(F)F. The number of aromatic nitrogens is 2. The van der Waals surface area contributed by atoms with E-state index in [0.717, 1.165) is 18.6 Å². The Kier molecular flexibility index (Phi) is 5.18. The van der Waals surface area contributed by atoms with Crippen molar-refractivity contribution in [1.29, 1.82) is 0 Å². The van der Waals surface area contributed by atoms with Gasteiger partial charge in [-0.1, -0.05) is 12.1 Å². The van der Waals surface area contributed by atoms with E-state index in [2.05, 4.69) is 15.0 Å². The highest BCUT2D eigenvalue weighted by Crippen LogP contribution is 2.51. The maximum Gasteiger partial charge on any atom is 0.573 e. The number of rotatable bonds is 6. The minimum atomic E-state index is -5.03. The molecule has 0 radical (unpaired) electrons. The van der Waals surface area contributed by atoms with Gasteiger partial charge in [0, 0.05) is 30.7 Å². The summed E-state index contributed by atoms with van der Waals surface area (Å²) in [7, 11) is -4.29. The van der Waals surface area contributed by atoms with E-state index in [1.165, 1.54) is 27.8 Å². The molecule has 1 aromatic carbocycles. The van der Waals surface area contributed by atoms with Crippen LogP contribution in [-0.2, 0) is 10.0 Å². The second-order valence-electron chi connectivity index (χ2n) is 8.11. The molecule has 1 N–H and O–H groups in total. The molecular formula is C20H19F3N4O4S2. The van der Waals surface area contributed by atoms with Crippen LogP contribution >= 0.6 is 11.3 Å². The number of nitrogens with zero attached hydrogens (tertiary/aromatic N) is 3. The normalized spacial score (nSPS) is 23.0. The molecule has 1 amide bonds. The van der Waals surface area contributed by atoms with Crippen LogP contribution in [0.15, 0.2) is 40.7 Å². The Morgan fingerprint density at radius 1 is 1.33 bits per heavy atom. The number of piperidine rings is 1. The predicted octanol–water partition coefficient (Wildman–Crippen LogP) is 3.04. The molecule has 176 valence electrons. The number of para-hydroxylation sites is 1. The first kappa shape index (κ1) is 22.2.